The van der Waals surface area contributed by atoms with Gasteiger partial charge in [0.25, 0.3) is 0 Å². The highest BCUT2D eigenvalue weighted by molar-refractivity contribution is 5.22. The number of piperazine rings is 1. The SMILES string of the molecule is C#CCN1CC2(CCCC2)NCC1c1ccccc1. The minimum atomic E-state index is 0.335. The lowest BCUT2D eigenvalue weighted by molar-refractivity contribution is 0.0933. The van der Waals surface area contributed by atoms with Crippen LogP contribution in [0.2, 0.25) is 0 Å². The molecule has 0 bridgehead atoms. The lowest BCUT2D eigenvalue weighted by atomic mass is 9.90. The molecule has 2 fully saturated rings. The molecule has 2 heteroatoms. The molecule has 1 spiro atoms. The van der Waals surface area contributed by atoms with Crippen LogP contribution in [-0.2, 0) is 0 Å². The third kappa shape index (κ3) is 2.54. The first-order valence-electron chi connectivity index (χ1n) is 7.30. The molecule has 3 rings (SSSR count). The second-order valence-corrected chi connectivity index (χ2v) is 5.90. The van der Waals surface area contributed by atoms with Crippen LogP contribution in [0.1, 0.15) is 37.3 Å². The summed E-state index contributed by atoms with van der Waals surface area (Å²) in [7, 11) is 0. The van der Waals surface area contributed by atoms with E-state index in [1.54, 1.807) is 0 Å². The van der Waals surface area contributed by atoms with Crippen LogP contribution in [0, 0.1) is 12.3 Å². The number of nitrogens with one attached hydrogen (secondary N) is 1. The molecular formula is C17H22N2. The van der Waals surface area contributed by atoms with Crippen molar-refractivity contribution in [1.29, 1.82) is 0 Å². The Bertz CT molecular complexity index is 454. The summed E-state index contributed by atoms with van der Waals surface area (Å²) in [5.74, 6) is 2.84. The third-order valence-corrected chi connectivity index (χ3v) is 4.66. The van der Waals surface area contributed by atoms with Gasteiger partial charge in [-0.1, -0.05) is 49.1 Å². The van der Waals surface area contributed by atoms with E-state index in [-0.39, 0.29) is 0 Å². The van der Waals surface area contributed by atoms with Crippen LogP contribution in [0.4, 0.5) is 0 Å². The van der Waals surface area contributed by atoms with Crippen molar-refractivity contribution in [3.8, 4) is 12.3 Å². The summed E-state index contributed by atoms with van der Waals surface area (Å²) in [4.78, 5) is 2.48. The number of hydrogen-bond donors (Lipinski definition) is 1. The molecule has 100 valence electrons. The molecule has 1 saturated heterocycles. The molecular weight excluding hydrogens is 232 g/mol. The first-order valence-corrected chi connectivity index (χ1v) is 7.30. The van der Waals surface area contributed by atoms with Gasteiger partial charge in [-0.15, -0.1) is 6.42 Å². The highest BCUT2D eigenvalue weighted by Gasteiger charge is 2.41. The molecule has 19 heavy (non-hydrogen) atoms. The molecule has 0 radical (unpaired) electrons. The monoisotopic (exact) mass is 254 g/mol. The van der Waals surface area contributed by atoms with Gasteiger partial charge in [-0.05, 0) is 18.4 Å². The minimum Gasteiger partial charge on any atom is -0.308 e. The molecule has 1 aromatic carbocycles. The van der Waals surface area contributed by atoms with Crippen molar-refractivity contribution in [1.82, 2.24) is 10.2 Å². The molecule has 1 aromatic rings. The topological polar surface area (TPSA) is 15.3 Å². The molecule has 0 aromatic heterocycles. The van der Waals surface area contributed by atoms with E-state index >= 15 is 0 Å². The summed E-state index contributed by atoms with van der Waals surface area (Å²) >= 11 is 0. The molecule has 1 aliphatic heterocycles. The van der Waals surface area contributed by atoms with Gasteiger partial charge in [-0.3, -0.25) is 4.90 Å². The average molecular weight is 254 g/mol. The van der Waals surface area contributed by atoms with E-state index in [4.69, 9.17) is 6.42 Å². The van der Waals surface area contributed by atoms with Crippen LogP contribution in [0.3, 0.4) is 0 Å². The second kappa shape index (κ2) is 5.36. The average Bonchev–Trinajstić information content (AvgIpc) is 2.89. The highest BCUT2D eigenvalue weighted by Crippen LogP contribution is 2.36. The Morgan fingerprint density at radius 3 is 2.68 bits per heavy atom. The summed E-state index contributed by atoms with van der Waals surface area (Å²) in [6, 6.07) is 11.1. The fourth-order valence-corrected chi connectivity index (χ4v) is 3.67. The Morgan fingerprint density at radius 2 is 2.00 bits per heavy atom. The lowest BCUT2D eigenvalue weighted by Gasteiger charge is -2.46. The van der Waals surface area contributed by atoms with E-state index in [0.717, 1.165) is 19.6 Å². The normalized spacial score (nSPS) is 26.4. The van der Waals surface area contributed by atoms with Gasteiger partial charge in [0.05, 0.1) is 6.54 Å². The first kappa shape index (κ1) is 12.7. The number of rotatable bonds is 2. The zero-order valence-electron chi connectivity index (χ0n) is 11.4. The first-order chi connectivity index (χ1) is 9.33. The van der Waals surface area contributed by atoms with Crippen molar-refractivity contribution in [2.75, 3.05) is 19.6 Å². The molecule has 2 nitrogen and oxygen atoms in total. The van der Waals surface area contributed by atoms with E-state index < -0.39 is 0 Å². The molecule has 1 unspecified atom stereocenters. The van der Waals surface area contributed by atoms with Gasteiger partial charge in [-0.2, -0.15) is 0 Å². The van der Waals surface area contributed by atoms with Crippen molar-refractivity contribution in [3.63, 3.8) is 0 Å². The Kier molecular flexibility index (Phi) is 3.59. The maximum atomic E-state index is 5.57. The number of hydrogen-bond acceptors (Lipinski definition) is 2. The predicted molar refractivity (Wildman–Crippen MR) is 78.8 cm³/mol. The Labute approximate surface area is 116 Å². The summed E-state index contributed by atoms with van der Waals surface area (Å²) in [6.45, 7) is 2.87. The zero-order chi connectivity index (χ0) is 13.1. The van der Waals surface area contributed by atoms with Gasteiger partial charge in [0.15, 0.2) is 0 Å². The van der Waals surface area contributed by atoms with E-state index in [9.17, 15) is 0 Å². The quantitative estimate of drug-likeness (QED) is 0.816. The standard InChI is InChI=1S/C17H22N2/c1-2-12-19-14-17(10-6-7-11-17)18-13-16(19)15-8-4-3-5-9-15/h1,3-5,8-9,16,18H,6-7,10-14H2. The maximum Gasteiger partial charge on any atom is 0.0605 e. The van der Waals surface area contributed by atoms with Crippen molar-refractivity contribution in [3.05, 3.63) is 35.9 Å². The molecule has 0 amide bonds. The molecule has 1 aliphatic carbocycles. The lowest BCUT2D eigenvalue weighted by Crippen LogP contribution is -2.60. The predicted octanol–water partition coefficient (Wildman–Crippen LogP) is 2.58. The number of terminal acetylenes is 1. The minimum absolute atomic E-state index is 0.335. The molecule has 2 aliphatic rings. The molecule has 1 atom stereocenters. The van der Waals surface area contributed by atoms with Crippen LogP contribution < -0.4 is 5.32 Å². The van der Waals surface area contributed by atoms with E-state index in [1.165, 1.54) is 31.2 Å². The summed E-state index contributed by atoms with van der Waals surface area (Å²) in [6.07, 6.45) is 10.9. The van der Waals surface area contributed by atoms with Gasteiger partial charge in [0.1, 0.15) is 0 Å². The van der Waals surface area contributed by atoms with E-state index in [2.05, 4.69) is 46.5 Å². The number of benzene rings is 1. The van der Waals surface area contributed by atoms with Crippen LogP contribution >= 0.6 is 0 Å². The van der Waals surface area contributed by atoms with Gasteiger partial charge in [0.2, 0.25) is 0 Å². The summed E-state index contributed by atoms with van der Waals surface area (Å²) in [5.41, 5.74) is 1.71. The van der Waals surface area contributed by atoms with Crippen LogP contribution in [-0.4, -0.2) is 30.1 Å². The third-order valence-electron chi connectivity index (χ3n) is 4.66. The van der Waals surface area contributed by atoms with Crippen molar-refractivity contribution < 1.29 is 0 Å². The van der Waals surface area contributed by atoms with Gasteiger partial charge < -0.3 is 5.32 Å². The van der Waals surface area contributed by atoms with Crippen LogP contribution in [0.5, 0.6) is 0 Å². The Balaban J connectivity index is 1.80. The summed E-state index contributed by atoms with van der Waals surface area (Å²) < 4.78 is 0. The largest absolute Gasteiger partial charge is 0.308 e. The molecule has 1 saturated carbocycles. The fourth-order valence-electron chi connectivity index (χ4n) is 3.67. The fraction of sp³-hybridized carbons (Fsp3) is 0.529. The molecule has 1 heterocycles. The van der Waals surface area contributed by atoms with Gasteiger partial charge >= 0.3 is 0 Å². The van der Waals surface area contributed by atoms with Gasteiger partial charge in [-0.25, -0.2) is 0 Å². The Morgan fingerprint density at radius 1 is 1.26 bits per heavy atom. The van der Waals surface area contributed by atoms with E-state index in [1.807, 2.05) is 0 Å². The molecule has 1 N–H and O–H groups in total. The summed E-state index contributed by atoms with van der Waals surface area (Å²) in [5, 5.41) is 3.82. The van der Waals surface area contributed by atoms with Crippen LogP contribution in [0.25, 0.3) is 0 Å². The number of nitrogens with zero attached hydrogens (tertiary/aromatic N) is 1. The van der Waals surface area contributed by atoms with Crippen molar-refractivity contribution >= 4 is 0 Å². The highest BCUT2D eigenvalue weighted by atomic mass is 15.3. The van der Waals surface area contributed by atoms with Crippen LogP contribution in [0.15, 0.2) is 30.3 Å². The smallest absolute Gasteiger partial charge is 0.0605 e. The van der Waals surface area contributed by atoms with E-state index in [0.29, 0.717) is 11.6 Å². The van der Waals surface area contributed by atoms with Crippen molar-refractivity contribution in [2.24, 2.45) is 0 Å². The second-order valence-electron chi connectivity index (χ2n) is 5.90. The Hall–Kier alpha value is -1.30. The maximum absolute atomic E-state index is 5.57. The van der Waals surface area contributed by atoms with Crippen molar-refractivity contribution in [2.45, 2.75) is 37.3 Å². The zero-order valence-corrected chi connectivity index (χ0v) is 11.4. The van der Waals surface area contributed by atoms with Gasteiger partial charge in [0, 0.05) is 24.7 Å².